The lowest BCUT2D eigenvalue weighted by atomic mass is 9.96. The van der Waals surface area contributed by atoms with E-state index < -0.39 is 0 Å². The van der Waals surface area contributed by atoms with Crippen molar-refractivity contribution >= 4 is 22.4 Å². The smallest absolute Gasteiger partial charge is 0.233 e. The van der Waals surface area contributed by atoms with Gasteiger partial charge < -0.3 is 0 Å². The molecule has 3 rings (SSSR count). The minimum atomic E-state index is -0.173. The zero-order valence-corrected chi connectivity index (χ0v) is 14.3. The highest BCUT2D eigenvalue weighted by atomic mass is 32.1. The molecule has 0 radical (unpaired) electrons. The third-order valence-corrected chi connectivity index (χ3v) is 4.66. The van der Waals surface area contributed by atoms with Crippen molar-refractivity contribution in [2.45, 2.75) is 25.7 Å². The van der Waals surface area contributed by atoms with E-state index in [0.717, 1.165) is 23.4 Å². The van der Waals surface area contributed by atoms with Crippen LogP contribution in [-0.2, 0) is 11.2 Å². The summed E-state index contributed by atoms with van der Waals surface area (Å²) in [6, 6.07) is 19.9. The Bertz CT molecular complexity index is 787. The maximum atomic E-state index is 12.5. The van der Waals surface area contributed by atoms with E-state index >= 15 is 0 Å². The molecule has 0 aliphatic carbocycles. The highest BCUT2D eigenvalue weighted by Gasteiger charge is 2.20. The van der Waals surface area contributed by atoms with Crippen molar-refractivity contribution in [3.63, 3.8) is 0 Å². The SMILES string of the molecule is CC[C@H](C(=O)Nc1nnc(Cc2ccccc2)s1)c1ccccc1. The number of rotatable bonds is 6. The first-order valence-corrected chi connectivity index (χ1v) is 8.80. The summed E-state index contributed by atoms with van der Waals surface area (Å²) >= 11 is 1.42. The Kier molecular flexibility index (Phi) is 5.33. The third-order valence-electron chi connectivity index (χ3n) is 3.82. The minimum absolute atomic E-state index is 0.0360. The molecule has 1 atom stereocenters. The number of hydrogen-bond acceptors (Lipinski definition) is 4. The molecule has 4 nitrogen and oxygen atoms in total. The first-order valence-electron chi connectivity index (χ1n) is 7.98. The predicted octanol–water partition coefficient (Wildman–Crippen LogP) is 4.26. The van der Waals surface area contributed by atoms with E-state index in [1.807, 2.05) is 55.5 Å². The lowest BCUT2D eigenvalue weighted by Gasteiger charge is -2.13. The van der Waals surface area contributed by atoms with Gasteiger partial charge in [0, 0.05) is 6.42 Å². The van der Waals surface area contributed by atoms with Gasteiger partial charge in [0.05, 0.1) is 5.92 Å². The summed E-state index contributed by atoms with van der Waals surface area (Å²) in [4.78, 5) is 12.5. The first kappa shape index (κ1) is 16.3. The van der Waals surface area contributed by atoms with Crippen LogP contribution in [0.4, 0.5) is 5.13 Å². The molecule has 2 aromatic carbocycles. The molecule has 0 saturated carbocycles. The number of nitrogens with one attached hydrogen (secondary N) is 1. The molecule has 0 fully saturated rings. The summed E-state index contributed by atoms with van der Waals surface area (Å²) in [6.07, 6.45) is 1.47. The molecule has 3 aromatic rings. The number of carbonyl (C=O) groups excluding carboxylic acids is 1. The van der Waals surface area contributed by atoms with Crippen LogP contribution < -0.4 is 5.32 Å². The number of benzene rings is 2. The maximum Gasteiger partial charge on any atom is 0.233 e. The van der Waals surface area contributed by atoms with E-state index in [4.69, 9.17) is 0 Å². The van der Waals surface area contributed by atoms with Crippen LogP contribution >= 0.6 is 11.3 Å². The van der Waals surface area contributed by atoms with Crippen molar-refractivity contribution in [1.29, 1.82) is 0 Å². The summed E-state index contributed by atoms with van der Waals surface area (Å²) in [5, 5.41) is 12.6. The summed E-state index contributed by atoms with van der Waals surface area (Å²) < 4.78 is 0. The molecule has 0 saturated heterocycles. The number of hydrogen-bond donors (Lipinski definition) is 1. The molecular weight excluding hydrogens is 318 g/mol. The van der Waals surface area contributed by atoms with E-state index in [1.165, 1.54) is 16.9 Å². The monoisotopic (exact) mass is 337 g/mol. The summed E-state index contributed by atoms with van der Waals surface area (Å²) in [5.41, 5.74) is 2.20. The quantitative estimate of drug-likeness (QED) is 0.731. The van der Waals surface area contributed by atoms with Gasteiger partial charge in [0.15, 0.2) is 0 Å². The number of nitrogens with zero attached hydrogens (tertiary/aromatic N) is 2. The fourth-order valence-corrected chi connectivity index (χ4v) is 3.37. The van der Waals surface area contributed by atoms with E-state index in [-0.39, 0.29) is 11.8 Å². The lowest BCUT2D eigenvalue weighted by Crippen LogP contribution is -2.20. The second-order valence-electron chi connectivity index (χ2n) is 5.52. The van der Waals surface area contributed by atoms with Gasteiger partial charge in [-0.05, 0) is 17.5 Å². The van der Waals surface area contributed by atoms with Gasteiger partial charge in [0.25, 0.3) is 0 Å². The minimum Gasteiger partial charge on any atom is -0.300 e. The highest BCUT2D eigenvalue weighted by molar-refractivity contribution is 7.15. The van der Waals surface area contributed by atoms with Crippen molar-refractivity contribution in [3.8, 4) is 0 Å². The molecule has 1 amide bonds. The zero-order valence-electron chi connectivity index (χ0n) is 13.5. The van der Waals surface area contributed by atoms with Gasteiger partial charge in [-0.2, -0.15) is 0 Å². The lowest BCUT2D eigenvalue weighted by molar-refractivity contribution is -0.117. The number of anilines is 1. The van der Waals surface area contributed by atoms with E-state index in [2.05, 4.69) is 27.6 Å². The van der Waals surface area contributed by atoms with Crippen molar-refractivity contribution in [2.75, 3.05) is 5.32 Å². The van der Waals surface area contributed by atoms with Crippen LogP contribution in [0, 0.1) is 0 Å². The average Bonchev–Trinajstić information content (AvgIpc) is 3.04. The second-order valence-corrected chi connectivity index (χ2v) is 6.59. The molecule has 1 aromatic heterocycles. The average molecular weight is 337 g/mol. The molecule has 5 heteroatoms. The fraction of sp³-hybridized carbons (Fsp3) is 0.211. The Labute approximate surface area is 145 Å². The zero-order chi connectivity index (χ0) is 16.8. The molecule has 1 N–H and O–H groups in total. The summed E-state index contributed by atoms with van der Waals surface area (Å²) in [6.45, 7) is 2.01. The maximum absolute atomic E-state index is 12.5. The van der Waals surface area contributed by atoms with E-state index in [1.54, 1.807) is 0 Å². The highest BCUT2D eigenvalue weighted by Crippen LogP contribution is 2.23. The van der Waals surface area contributed by atoms with Gasteiger partial charge >= 0.3 is 0 Å². The standard InChI is InChI=1S/C19H19N3OS/c1-2-16(15-11-7-4-8-12-15)18(23)20-19-22-21-17(24-19)13-14-9-5-3-6-10-14/h3-12,16H,2,13H2,1H3,(H,20,22,23)/t16-/m0/s1. The Morgan fingerprint density at radius 1 is 1.04 bits per heavy atom. The molecule has 0 unspecified atom stereocenters. The Morgan fingerprint density at radius 3 is 2.38 bits per heavy atom. The topological polar surface area (TPSA) is 54.9 Å². The van der Waals surface area contributed by atoms with Crippen LogP contribution in [0.15, 0.2) is 60.7 Å². The van der Waals surface area contributed by atoms with Gasteiger partial charge in [-0.15, -0.1) is 10.2 Å². The van der Waals surface area contributed by atoms with Crippen molar-refractivity contribution < 1.29 is 4.79 Å². The number of amides is 1. The van der Waals surface area contributed by atoms with Crippen LogP contribution in [0.2, 0.25) is 0 Å². The Morgan fingerprint density at radius 2 is 1.71 bits per heavy atom. The Balaban J connectivity index is 1.66. The molecule has 0 spiro atoms. The van der Waals surface area contributed by atoms with Gasteiger partial charge in [-0.3, -0.25) is 10.1 Å². The van der Waals surface area contributed by atoms with Crippen molar-refractivity contribution in [2.24, 2.45) is 0 Å². The largest absolute Gasteiger partial charge is 0.300 e. The third kappa shape index (κ3) is 4.06. The Hall–Kier alpha value is -2.53. The van der Waals surface area contributed by atoms with Crippen LogP contribution in [0.25, 0.3) is 0 Å². The van der Waals surface area contributed by atoms with Crippen LogP contribution in [0.3, 0.4) is 0 Å². The first-order chi connectivity index (χ1) is 11.8. The van der Waals surface area contributed by atoms with Crippen molar-refractivity contribution in [1.82, 2.24) is 10.2 Å². The molecule has 1 heterocycles. The van der Waals surface area contributed by atoms with Crippen LogP contribution in [0.5, 0.6) is 0 Å². The van der Waals surface area contributed by atoms with E-state index in [9.17, 15) is 4.79 Å². The van der Waals surface area contributed by atoms with E-state index in [0.29, 0.717) is 5.13 Å². The molecular formula is C19H19N3OS. The second kappa shape index (κ2) is 7.84. The summed E-state index contributed by atoms with van der Waals surface area (Å²) in [5.74, 6) is -0.209. The molecule has 0 bridgehead atoms. The molecule has 0 aliphatic heterocycles. The van der Waals surface area contributed by atoms with Gasteiger partial charge in [0.1, 0.15) is 5.01 Å². The van der Waals surface area contributed by atoms with Crippen LogP contribution in [0.1, 0.15) is 35.4 Å². The van der Waals surface area contributed by atoms with Gasteiger partial charge in [-0.1, -0.05) is 78.9 Å². The molecule has 122 valence electrons. The summed E-state index contributed by atoms with van der Waals surface area (Å²) in [7, 11) is 0. The normalized spacial score (nSPS) is 11.9. The molecule has 0 aliphatic rings. The van der Waals surface area contributed by atoms with Gasteiger partial charge in [-0.25, -0.2) is 0 Å². The van der Waals surface area contributed by atoms with Crippen molar-refractivity contribution in [3.05, 3.63) is 76.8 Å². The number of aromatic nitrogens is 2. The molecule has 24 heavy (non-hydrogen) atoms. The van der Waals surface area contributed by atoms with Crippen LogP contribution in [-0.4, -0.2) is 16.1 Å². The van der Waals surface area contributed by atoms with Gasteiger partial charge in [0.2, 0.25) is 11.0 Å². The number of carbonyl (C=O) groups is 1. The predicted molar refractivity (Wildman–Crippen MR) is 97.3 cm³/mol. The fourth-order valence-electron chi connectivity index (χ4n) is 2.60.